The summed E-state index contributed by atoms with van der Waals surface area (Å²) in [5.74, 6) is -56.7. The molecule has 0 bridgehead atoms. The molecule has 1 aromatic carbocycles. The van der Waals surface area contributed by atoms with Crippen LogP contribution < -0.4 is 9.47 Å². The number of aliphatic hydroxyl groups is 1. The third-order valence-electron chi connectivity index (χ3n) is 4.34. The Morgan fingerprint density at radius 2 is 1.00 bits per heavy atom. The smallest absolute Gasteiger partial charge is 0.385 e. The molecule has 0 saturated heterocycles. The lowest BCUT2D eigenvalue weighted by atomic mass is 9.89. The molecule has 0 aliphatic heterocycles. The minimum atomic E-state index is -8.46. The van der Waals surface area contributed by atoms with Crippen LogP contribution in [0.15, 0.2) is 24.3 Å². The summed E-state index contributed by atoms with van der Waals surface area (Å²) in [6.07, 6.45) is -5.90. The summed E-state index contributed by atoms with van der Waals surface area (Å²) >= 11 is 0. The zero-order valence-corrected chi connectivity index (χ0v) is 16.8. The second-order valence-corrected chi connectivity index (χ2v) is 6.81. The fourth-order valence-electron chi connectivity index (χ4n) is 2.27. The van der Waals surface area contributed by atoms with Gasteiger partial charge in [0.1, 0.15) is 6.61 Å². The Hall–Kier alpha value is -2.34. The number of hydrogen-bond donors (Lipinski definition) is 1. The predicted molar refractivity (Wildman–Crippen MR) is 85.2 cm³/mol. The average Bonchev–Trinajstić information content (AvgIpc) is 2.75. The third-order valence-corrected chi connectivity index (χ3v) is 4.34. The fourth-order valence-corrected chi connectivity index (χ4v) is 2.27. The molecule has 1 N–H and O–H groups in total. The summed E-state index contributed by atoms with van der Waals surface area (Å²) in [7, 11) is 0. The Kier molecular flexibility index (Phi) is 8.67. The summed E-state index contributed by atoms with van der Waals surface area (Å²) < 4.78 is 222. The van der Waals surface area contributed by atoms with Crippen LogP contribution in [0.1, 0.15) is 0 Å². The van der Waals surface area contributed by atoms with Gasteiger partial charge in [-0.15, -0.1) is 0 Å². The van der Waals surface area contributed by atoms with E-state index in [9.17, 15) is 70.2 Å². The second-order valence-electron chi connectivity index (χ2n) is 6.81. The van der Waals surface area contributed by atoms with Gasteiger partial charge in [-0.25, -0.2) is 8.78 Å². The summed E-state index contributed by atoms with van der Waals surface area (Å²) in [5, 5.41) is 8.61. The van der Waals surface area contributed by atoms with Crippen LogP contribution in [-0.2, 0) is 0 Å². The minimum Gasteiger partial charge on any atom is -0.487 e. The van der Waals surface area contributed by atoms with Gasteiger partial charge in [0, 0.05) is 0 Å². The van der Waals surface area contributed by atoms with Gasteiger partial charge in [0.25, 0.3) is 0 Å². The summed E-state index contributed by atoms with van der Waals surface area (Å²) in [6, 6.07) is 3.61. The number of halogens is 16. The maximum atomic E-state index is 13.9. The second kappa shape index (κ2) is 9.85. The molecule has 0 spiro atoms. The van der Waals surface area contributed by atoms with Gasteiger partial charge >= 0.3 is 47.9 Å². The molecule has 0 saturated carbocycles. The first-order chi connectivity index (χ1) is 16.0. The van der Waals surface area contributed by atoms with E-state index >= 15 is 0 Å². The van der Waals surface area contributed by atoms with Crippen molar-refractivity contribution in [3.8, 4) is 11.5 Å². The highest BCUT2D eigenvalue weighted by Crippen LogP contribution is 2.62. The van der Waals surface area contributed by atoms with Crippen molar-refractivity contribution in [2.75, 3.05) is 19.8 Å². The van der Waals surface area contributed by atoms with Crippen LogP contribution in [0.3, 0.4) is 0 Å². The molecule has 0 aromatic heterocycles. The van der Waals surface area contributed by atoms with Crippen molar-refractivity contribution in [1.29, 1.82) is 0 Å². The maximum absolute atomic E-state index is 13.9. The van der Waals surface area contributed by atoms with E-state index in [1.165, 1.54) is 0 Å². The van der Waals surface area contributed by atoms with Gasteiger partial charge in [0.2, 0.25) is 0 Å². The molecule has 0 heterocycles. The number of rotatable bonds is 13. The maximum Gasteiger partial charge on any atom is 0.385 e. The van der Waals surface area contributed by atoms with Gasteiger partial charge in [0.05, 0.1) is 6.61 Å². The number of hydrogen-bond acceptors (Lipinski definition) is 3. The monoisotopic (exact) mass is 568 g/mol. The first kappa shape index (κ1) is 31.7. The van der Waals surface area contributed by atoms with Crippen LogP contribution >= 0.6 is 0 Å². The molecule has 0 amide bonds. The molecule has 1 rings (SSSR count). The molecule has 1 aromatic rings. The lowest BCUT2D eigenvalue weighted by Gasteiger charge is -2.42. The van der Waals surface area contributed by atoms with E-state index in [1.807, 2.05) is 0 Å². The fraction of sp³-hybridized carbons (Fsp3) is 0.647. The number of alkyl halides is 16. The Balaban J connectivity index is 3.40. The van der Waals surface area contributed by atoms with E-state index in [0.717, 1.165) is 18.2 Å². The van der Waals surface area contributed by atoms with E-state index < -0.39 is 79.2 Å². The van der Waals surface area contributed by atoms with E-state index in [-0.39, 0.29) is 0 Å². The zero-order chi connectivity index (χ0) is 28.6. The van der Waals surface area contributed by atoms with Crippen LogP contribution in [0.4, 0.5) is 70.2 Å². The third kappa shape index (κ3) is 4.81. The van der Waals surface area contributed by atoms with Crippen LogP contribution in [0.5, 0.6) is 11.5 Å². The van der Waals surface area contributed by atoms with Crippen LogP contribution in [0, 0.1) is 0 Å². The van der Waals surface area contributed by atoms with Gasteiger partial charge in [-0.2, -0.15) is 61.5 Å². The van der Waals surface area contributed by atoms with Crippen molar-refractivity contribution in [1.82, 2.24) is 0 Å². The van der Waals surface area contributed by atoms with Crippen molar-refractivity contribution < 1.29 is 84.8 Å². The average molecular weight is 568 g/mol. The minimum absolute atomic E-state index is 0.566. The van der Waals surface area contributed by atoms with Crippen LogP contribution in [-0.4, -0.2) is 72.8 Å². The van der Waals surface area contributed by atoms with Crippen LogP contribution in [0.2, 0.25) is 0 Å². The van der Waals surface area contributed by atoms with Gasteiger partial charge in [-0.05, 0) is 12.1 Å². The van der Waals surface area contributed by atoms with Gasteiger partial charge in [0.15, 0.2) is 18.1 Å². The van der Waals surface area contributed by atoms with Crippen LogP contribution in [0.25, 0.3) is 0 Å². The topological polar surface area (TPSA) is 38.7 Å². The van der Waals surface area contributed by atoms with E-state index in [1.54, 1.807) is 0 Å². The van der Waals surface area contributed by atoms with E-state index in [2.05, 4.69) is 4.74 Å². The number of para-hydroxylation sites is 2. The summed E-state index contributed by atoms with van der Waals surface area (Å²) in [6.45, 7) is -4.29. The molecule has 0 fully saturated rings. The normalized spacial score (nSPS) is 14.8. The standard InChI is InChI=1S/C17H12F16O3/c18-10(19)12(22,23)14(26,27)16(30,31)17(32,33)15(28,29)13(24,25)11(20,21)7-36-9-4-2-1-3-8(9)35-6-5-34/h1-4,10,34H,5-7H2. The van der Waals surface area contributed by atoms with E-state index in [4.69, 9.17) is 9.84 Å². The van der Waals surface area contributed by atoms with Gasteiger partial charge in [-0.3, -0.25) is 0 Å². The Morgan fingerprint density at radius 1 is 0.611 bits per heavy atom. The number of benzene rings is 1. The predicted octanol–water partition coefficient (Wildman–Crippen LogP) is 6.15. The molecule has 36 heavy (non-hydrogen) atoms. The number of aliphatic hydroxyl groups excluding tert-OH is 1. The Bertz CT molecular complexity index is 886. The summed E-state index contributed by atoms with van der Waals surface area (Å²) in [5.41, 5.74) is 0. The molecule has 0 radical (unpaired) electrons. The molecular formula is C17H12F16O3. The van der Waals surface area contributed by atoms with Gasteiger partial charge < -0.3 is 14.6 Å². The van der Waals surface area contributed by atoms with Crippen molar-refractivity contribution in [3.05, 3.63) is 24.3 Å². The first-order valence-electron chi connectivity index (χ1n) is 8.85. The largest absolute Gasteiger partial charge is 0.487 e. The molecule has 3 nitrogen and oxygen atoms in total. The lowest BCUT2D eigenvalue weighted by Crippen LogP contribution is -2.74. The number of ether oxygens (including phenoxy) is 2. The molecule has 210 valence electrons. The quantitative estimate of drug-likeness (QED) is 0.291. The highest BCUT2D eigenvalue weighted by molar-refractivity contribution is 5.39. The highest BCUT2D eigenvalue weighted by Gasteiger charge is 2.93. The van der Waals surface area contributed by atoms with Crippen molar-refractivity contribution >= 4 is 0 Å². The Labute approximate surface area is 189 Å². The van der Waals surface area contributed by atoms with E-state index in [0.29, 0.717) is 6.07 Å². The molecule has 19 heteroatoms. The SMILES string of the molecule is OCCOc1ccccc1OCC(F)(F)C(F)(F)C(F)(F)C(F)(F)C(F)(F)C(F)(F)C(F)(F)C(F)F. The molecule has 0 aliphatic carbocycles. The van der Waals surface area contributed by atoms with Crippen molar-refractivity contribution in [2.24, 2.45) is 0 Å². The zero-order valence-electron chi connectivity index (χ0n) is 16.8. The lowest BCUT2D eigenvalue weighted by molar-refractivity contribution is -0.447. The molecular weight excluding hydrogens is 556 g/mol. The van der Waals surface area contributed by atoms with Gasteiger partial charge in [-0.1, -0.05) is 12.1 Å². The molecule has 0 aliphatic rings. The highest BCUT2D eigenvalue weighted by atomic mass is 19.4. The molecule has 0 atom stereocenters. The van der Waals surface area contributed by atoms with Crippen molar-refractivity contribution in [3.63, 3.8) is 0 Å². The Morgan fingerprint density at radius 3 is 1.42 bits per heavy atom. The first-order valence-corrected chi connectivity index (χ1v) is 8.85. The van der Waals surface area contributed by atoms with Crippen molar-refractivity contribution in [2.45, 2.75) is 47.9 Å². The summed E-state index contributed by atoms with van der Waals surface area (Å²) in [4.78, 5) is 0. The molecule has 0 unspecified atom stereocenters.